The van der Waals surface area contributed by atoms with Crippen molar-refractivity contribution in [2.75, 3.05) is 5.32 Å². The fourth-order valence-electron chi connectivity index (χ4n) is 3.43. The van der Waals surface area contributed by atoms with E-state index in [1.54, 1.807) is 6.07 Å². The lowest BCUT2D eigenvalue weighted by Gasteiger charge is -2.14. The molecular formula is C19H13F4N5O. The monoisotopic (exact) mass is 403 g/mol. The number of nitrogens with zero attached hydrogens (tertiary/aromatic N) is 3. The van der Waals surface area contributed by atoms with E-state index in [0.29, 0.717) is 22.0 Å². The van der Waals surface area contributed by atoms with Crippen molar-refractivity contribution in [3.63, 3.8) is 0 Å². The van der Waals surface area contributed by atoms with Gasteiger partial charge in [0.15, 0.2) is 5.82 Å². The summed E-state index contributed by atoms with van der Waals surface area (Å²) in [6.45, 7) is 0. The molecule has 0 bridgehead atoms. The number of fused-ring (bicyclic) bond motifs is 2. The van der Waals surface area contributed by atoms with Crippen LogP contribution in [0.5, 0.6) is 0 Å². The normalized spacial score (nSPS) is 19.0. The summed E-state index contributed by atoms with van der Waals surface area (Å²) in [5.74, 6) is -0.907. The van der Waals surface area contributed by atoms with Gasteiger partial charge in [-0.25, -0.2) is 8.91 Å². The number of aromatic nitrogens is 4. The maximum atomic E-state index is 13.6. The van der Waals surface area contributed by atoms with E-state index in [1.165, 1.54) is 35.1 Å². The van der Waals surface area contributed by atoms with Crippen LogP contribution >= 0.6 is 0 Å². The van der Waals surface area contributed by atoms with Gasteiger partial charge >= 0.3 is 6.18 Å². The Morgan fingerprint density at radius 2 is 2.03 bits per heavy atom. The molecule has 1 fully saturated rings. The Kier molecular flexibility index (Phi) is 3.67. The van der Waals surface area contributed by atoms with Gasteiger partial charge in [0.05, 0.1) is 28.7 Å². The van der Waals surface area contributed by atoms with Crippen LogP contribution in [0.1, 0.15) is 12.0 Å². The number of pyridine rings is 1. The van der Waals surface area contributed by atoms with Crippen LogP contribution in [0.4, 0.5) is 23.4 Å². The Morgan fingerprint density at radius 1 is 1.24 bits per heavy atom. The summed E-state index contributed by atoms with van der Waals surface area (Å²) in [5.41, 5.74) is 0.543. The first-order valence-electron chi connectivity index (χ1n) is 8.79. The zero-order chi connectivity index (χ0) is 20.3. The lowest BCUT2D eigenvalue weighted by molar-refractivity contribution is -0.137. The summed E-state index contributed by atoms with van der Waals surface area (Å²) in [6.07, 6.45) is -2.61. The van der Waals surface area contributed by atoms with E-state index >= 15 is 0 Å². The van der Waals surface area contributed by atoms with Crippen molar-refractivity contribution in [3.05, 3.63) is 48.3 Å². The summed E-state index contributed by atoms with van der Waals surface area (Å²) < 4.78 is 55.3. The van der Waals surface area contributed by atoms with Crippen molar-refractivity contribution in [1.29, 1.82) is 0 Å². The molecule has 10 heteroatoms. The summed E-state index contributed by atoms with van der Waals surface area (Å²) in [5, 5.41) is 13.6. The molecule has 0 spiro atoms. The first-order chi connectivity index (χ1) is 13.8. The second-order valence-electron chi connectivity index (χ2n) is 6.98. The van der Waals surface area contributed by atoms with E-state index in [0.717, 1.165) is 6.07 Å². The Labute approximate surface area is 160 Å². The van der Waals surface area contributed by atoms with Gasteiger partial charge in [-0.1, -0.05) is 0 Å². The molecule has 1 aliphatic carbocycles. The largest absolute Gasteiger partial charge is 0.417 e. The van der Waals surface area contributed by atoms with Crippen molar-refractivity contribution in [1.82, 2.24) is 19.8 Å². The highest BCUT2D eigenvalue weighted by molar-refractivity contribution is 5.97. The van der Waals surface area contributed by atoms with Gasteiger partial charge in [-0.2, -0.15) is 23.4 Å². The van der Waals surface area contributed by atoms with Crippen LogP contribution in [0.15, 0.2) is 42.7 Å². The highest BCUT2D eigenvalue weighted by Crippen LogP contribution is 2.41. The first-order valence-corrected chi connectivity index (χ1v) is 8.79. The average Bonchev–Trinajstić information content (AvgIpc) is 3.05. The van der Waals surface area contributed by atoms with Crippen LogP contribution in [0.3, 0.4) is 0 Å². The molecule has 1 aliphatic rings. The second-order valence-corrected chi connectivity index (χ2v) is 6.98. The van der Waals surface area contributed by atoms with E-state index in [9.17, 15) is 22.4 Å². The number of aromatic amines is 1. The number of benzene rings is 1. The van der Waals surface area contributed by atoms with Gasteiger partial charge in [-0.15, -0.1) is 0 Å². The van der Waals surface area contributed by atoms with Crippen LogP contribution in [-0.2, 0) is 11.0 Å². The third-order valence-electron chi connectivity index (χ3n) is 4.98. The molecule has 0 radical (unpaired) electrons. The zero-order valence-corrected chi connectivity index (χ0v) is 14.7. The van der Waals surface area contributed by atoms with Gasteiger partial charge in [0.1, 0.15) is 6.17 Å². The highest BCUT2D eigenvalue weighted by atomic mass is 19.4. The summed E-state index contributed by atoms with van der Waals surface area (Å²) in [4.78, 5) is 11.9. The SMILES string of the molecule is O=C(Nc1cc2cc(-c3c(C(F)(F)F)ccc4[nH]ncc34)ccn2n1)[C@@H]1C[C@@H]1F. The zero-order valence-electron chi connectivity index (χ0n) is 14.7. The quantitative estimate of drug-likeness (QED) is 0.504. The van der Waals surface area contributed by atoms with Crippen LogP contribution in [-0.4, -0.2) is 31.9 Å². The minimum absolute atomic E-state index is 0.0105. The third kappa shape index (κ3) is 3.00. The van der Waals surface area contributed by atoms with Crippen LogP contribution in [0, 0.1) is 5.92 Å². The number of H-pyrrole nitrogens is 1. The van der Waals surface area contributed by atoms with E-state index in [1.807, 2.05) is 0 Å². The van der Waals surface area contributed by atoms with Crippen molar-refractivity contribution < 1.29 is 22.4 Å². The smallest absolute Gasteiger partial charge is 0.309 e. The van der Waals surface area contributed by atoms with Gasteiger partial charge in [0.25, 0.3) is 0 Å². The fourth-order valence-corrected chi connectivity index (χ4v) is 3.43. The predicted molar refractivity (Wildman–Crippen MR) is 96.9 cm³/mol. The molecule has 29 heavy (non-hydrogen) atoms. The molecule has 1 saturated carbocycles. The second kappa shape index (κ2) is 6.03. The molecule has 0 unspecified atom stereocenters. The van der Waals surface area contributed by atoms with E-state index in [-0.39, 0.29) is 17.8 Å². The first kappa shape index (κ1) is 17.7. The molecule has 0 saturated heterocycles. The Hall–Kier alpha value is -3.43. The molecule has 5 rings (SSSR count). The van der Waals surface area contributed by atoms with Gasteiger partial charge in [-0.3, -0.25) is 9.89 Å². The topological polar surface area (TPSA) is 75.1 Å². The van der Waals surface area contributed by atoms with Gasteiger partial charge < -0.3 is 5.32 Å². The van der Waals surface area contributed by atoms with Gasteiger partial charge in [0.2, 0.25) is 5.91 Å². The molecule has 3 aromatic heterocycles. The molecule has 6 nitrogen and oxygen atoms in total. The van der Waals surface area contributed by atoms with Crippen LogP contribution in [0.2, 0.25) is 0 Å². The molecule has 1 amide bonds. The Bertz CT molecular complexity index is 1260. The van der Waals surface area contributed by atoms with Crippen LogP contribution < -0.4 is 5.32 Å². The maximum Gasteiger partial charge on any atom is 0.417 e. The van der Waals surface area contributed by atoms with E-state index in [4.69, 9.17) is 0 Å². The van der Waals surface area contributed by atoms with Crippen molar-refractivity contribution >= 4 is 28.1 Å². The van der Waals surface area contributed by atoms with Crippen molar-refractivity contribution in [2.45, 2.75) is 18.8 Å². The number of halogens is 4. The number of hydrogen-bond donors (Lipinski definition) is 2. The number of amides is 1. The number of anilines is 1. The molecule has 4 aromatic rings. The van der Waals surface area contributed by atoms with E-state index < -0.39 is 29.7 Å². The fraction of sp³-hybridized carbons (Fsp3) is 0.211. The number of hydrogen-bond acceptors (Lipinski definition) is 3. The minimum Gasteiger partial charge on any atom is -0.309 e. The third-order valence-corrected chi connectivity index (χ3v) is 4.98. The summed E-state index contributed by atoms with van der Waals surface area (Å²) in [6, 6.07) is 6.95. The number of carbonyl (C=O) groups excluding carboxylic acids is 1. The minimum atomic E-state index is -4.54. The number of carbonyl (C=O) groups is 1. The predicted octanol–water partition coefficient (Wildman–Crippen LogP) is 4.19. The molecule has 148 valence electrons. The van der Waals surface area contributed by atoms with Crippen molar-refractivity contribution in [3.8, 4) is 11.1 Å². The maximum absolute atomic E-state index is 13.6. The molecule has 2 atom stereocenters. The standard InChI is InChI=1S/C19H13F4N5O/c20-14-7-11(14)18(29)25-16-6-10-5-9(3-4-28(10)27-16)17-12-8-24-26-15(12)2-1-13(17)19(21,22)23/h1-6,8,11,14H,7H2,(H,24,26)(H,25,27,29)/t11-,14+/m1/s1. The molecule has 0 aliphatic heterocycles. The Balaban J connectivity index is 1.59. The average molecular weight is 403 g/mol. The molecule has 3 heterocycles. The van der Waals surface area contributed by atoms with Crippen molar-refractivity contribution in [2.24, 2.45) is 5.92 Å². The highest BCUT2D eigenvalue weighted by Gasteiger charge is 2.43. The molecule has 2 N–H and O–H groups in total. The summed E-state index contributed by atoms with van der Waals surface area (Å²) in [7, 11) is 0. The number of alkyl halides is 4. The lowest BCUT2D eigenvalue weighted by atomic mass is 9.96. The van der Waals surface area contributed by atoms with Crippen LogP contribution in [0.25, 0.3) is 27.5 Å². The molecule has 1 aromatic carbocycles. The summed E-state index contributed by atoms with van der Waals surface area (Å²) >= 11 is 0. The number of rotatable bonds is 3. The van der Waals surface area contributed by atoms with Gasteiger partial charge in [-0.05, 0) is 36.2 Å². The molecular weight excluding hydrogens is 390 g/mol. The number of nitrogens with one attached hydrogen (secondary N) is 2. The lowest BCUT2D eigenvalue weighted by Crippen LogP contribution is -2.15. The Morgan fingerprint density at radius 3 is 2.76 bits per heavy atom. The van der Waals surface area contributed by atoms with Gasteiger partial charge in [0, 0.05) is 23.2 Å². The van der Waals surface area contributed by atoms with E-state index in [2.05, 4.69) is 20.6 Å².